The lowest BCUT2D eigenvalue weighted by atomic mass is 10.1. The van der Waals surface area contributed by atoms with E-state index in [9.17, 15) is 0 Å². The normalized spacial score (nSPS) is 12.6. The monoisotopic (exact) mass is 339 g/mol. The third-order valence-corrected chi connectivity index (χ3v) is 4.04. The molecule has 25 heavy (non-hydrogen) atoms. The number of pyridine rings is 1. The van der Waals surface area contributed by atoms with Crippen LogP contribution in [0.4, 0.5) is 5.82 Å². The van der Waals surface area contributed by atoms with Crippen molar-refractivity contribution in [3.8, 4) is 0 Å². The van der Waals surface area contributed by atoms with Crippen LogP contribution in [0.2, 0.25) is 0 Å². The molecule has 1 unspecified atom stereocenters. The van der Waals surface area contributed by atoms with Crippen LogP contribution in [0, 0.1) is 0 Å². The van der Waals surface area contributed by atoms with Gasteiger partial charge in [-0.15, -0.1) is 0 Å². The molecule has 1 atom stereocenters. The van der Waals surface area contributed by atoms with Crippen molar-refractivity contribution in [2.24, 2.45) is 4.99 Å². The summed E-state index contributed by atoms with van der Waals surface area (Å²) in [5, 5.41) is 6.83. The van der Waals surface area contributed by atoms with Crippen molar-refractivity contribution in [2.75, 3.05) is 26.0 Å². The molecule has 2 rings (SSSR count). The van der Waals surface area contributed by atoms with Gasteiger partial charge in [0.2, 0.25) is 0 Å². The maximum Gasteiger partial charge on any atom is 0.191 e. The van der Waals surface area contributed by atoms with Gasteiger partial charge in [0.1, 0.15) is 5.82 Å². The van der Waals surface area contributed by atoms with E-state index < -0.39 is 0 Å². The first-order valence-electron chi connectivity index (χ1n) is 8.72. The molecule has 0 saturated heterocycles. The van der Waals surface area contributed by atoms with Gasteiger partial charge in [-0.05, 0) is 43.0 Å². The predicted octanol–water partition coefficient (Wildman–Crippen LogP) is 2.83. The quantitative estimate of drug-likeness (QED) is 0.602. The van der Waals surface area contributed by atoms with Gasteiger partial charge in [0, 0.05) is 39.9 Å². The topological polar surface area (TPSA) is 52.6 Å². The molecule has 1 heterocycles. The first-order chi connectivity index (χ1) is 12.1. The van der Waals surface area contributed by atoms with Crippen LogP contribution in [0.5, 0.6) is 0 Å². The van der Waals surface area contributed by atoms with Crippen molar-refractivity contribution < 1.29 is 0 Å². The van der Waals surface area contributed by atoms with Crippen LogP contribution in [0.1, 0.15) is 24.5 Å². The zero-order valence-electron chi connectivity index (χ0n) is 15.7. The van der Waals surface area contributed by atoms with E-state index in [-0.39, 0.29) is 0 Å². The molecule has 0 spiro atoms. The molecule has 1 aromatic heterocycles. The number of anilines is 1. The molecule has 0 radical (unpaired) electrons. The Kier molecular flexibility index (Phi) is 7.26. The summed E-state index contributed by atoms with van der Waals surface area (Å²) in [6, 6.07) is 15.0. The number of aromatic nitrogens is 1. The molecule has 0 aliphatic rings. The highest BCUT2D eigenvalue weighted by Crippen LogP contribution is 2.09. The summed E-state index contributed by atoms with van der Waals surface area (Å²) in [7, 11) is 5.79. The van der Waals surface area contributed by atoms with E-state index >= 15 is 0 Å². The molecular weight excluding hydrogens is 310 g/mol. The average Bonchev–Trinajstić information content (AvgIpc) is 2.64. The van der Waals surface area contributed by atoms with Gasteiger partial charge in [-0.3, -0.25) is 4.99 Å². The Morgan fingerprint density at radius 3 is 2.60 bits per heavy atom. The Morgan fingerprint density at radius 1 is 1.16 bits per heavy atom. The number of aliphatic imine (C=N–C) groups is 1. The standard InChI is InChI=1S/C20H29N5/c1-16(10-11-17-8-6-5-7-9-17)24-20(21-2)23-15-18-12-13-22-19(14-18)25(3)4/h5-9,12-14,16H,10-11,15H2,1-4H3,(H2,21,23,24). The van der Waals surface area contributed by atoms with Gasteiger partial charge < -0.3 is 15.5 Å². The molecule has 5 nitrogen and oxygen atoms in total. The van der Waals surface area contributed by atoms with Crippen LogP contribution in [-0.4, -0.2) is 38.1 Å². The van der Waals surface area contributed by atoms with E-state index in [1.54, 1.807) is 7.05 Å². The Hall–Kier alpha value is -2.56. The Balaban J connectivity index is 1.81. The number of hydrogen-bond donors (Lipinski definition) is 2. The van der Waals surface area contributed by atoms with E-state index in [4.69, 9.17) is 0 Å². The van der Waals surface area contributed by atoms with Gasteiger partial charge in [0.15, 0.2) is 5.96 Å². The zero-order chi connectivity index (χ0) is 18.1. The molecule has 0 saturated carbocycles. The summed E-state index contributed by atoms with van der Waals surface area (Å²) in [4.78, 5) is 10.7. The maximum atomic E-state index is 4.34. The first-order valence-corrected chi connectivity index (χ1v) is 8.72. The highest BCUT2D eigenvalue weighted by molar-refractivity contribution is 5.79. The Morgan fingerprint density at radius 2 is 1.92 bits per heavy atom. The fourth-order valence-corrected chi connectivity index (χ4v) is 2.53. The number of rotatable bonds is 7. The second kappa shape index (κ2) is 9.67. The van der Waals surface area contributed by atoms with E-state index in [1.807, 2.05) is 31.3 Å². The Labute approximate surface area is 151 Å². The maximum absolute atomic E-state index is 4.34. The van der Waals surface area contributed by atoms with Gasteiger partial charge in [-0.2, -0.15) is 0 Å². The molecule has 2 N–H and O–H groups in total. The molecule has 0 aliphatic carbocycles. The van der Waals surface area contributed by atoms with E-state index in [2.05, 4.69) is 63.9 Å². The lowest BCUT2D eigenvalue weighted by Crippen LogP contribution is -2.42. The van der Waals surface area contributed by atoms with Crippen molar-refractivity contribution in [2.45, 2.75) is 32.4 Å². The third kappa shape index (κ3) is 6.45. The minimum absolute atomic E-state index is 0.348. The van der Waals surface area contributed by atoms with Crippen LogP contribution in [0.3, 0.4) is 0 Å². The van der Waals surface area contributed by atoms with Crippen LogP contribution >= 0.6 is 0 Å². The van der Waals surface area contributed by atoms with Crippen LogP contribution in [0.15, 0.2) is 53.7 Å². The van der Waals surface area contributed by atoms with Crippen molar-refractivity contribution in [1.82, 2.24) is 15.6 Å². The van der Waals surface area contributed by atoms with Gasteiger partial charge in [-0.1, -0.05) is 30.3 Å². The summed E-state index contributed by atoms with van der Waals surface area (Å²) < 4.78 is 0. The average molecular weight is 339 g/mol. The van der Waals surface area contributed by atoms with Crippen LogP contribution in [0.25, 0.3) is 0 Å². The van der Waals surface area contributed by atoms with Crippen LogP contribution in [-0.2, 0) is 13.0 Å². The van der Waals surface area contributed by atoms with Crippen molar-refractivity contribution >= 4 is 11.8 Å². The molecule has 0 aliphatic heterocycles. The number of hydrogen-bond acceptors (Lipinski definition) is 3. The van der Waals surface area contributed by atoms with Crippen molar-refractivity contribution in [3.63, 3.8) is 0 Å². The molecular formula is C20H29N5. The van der Waals surface area contributed by atoms with E-state index in [0.717, 1.165) is 24.6 Å². The number of nitrogens with one attached hydrogen (secondary N) is 2. The lowest BCUT2D eigenvalue weighted by molar-refractivity contribution is 0.593. The molecule has 1 aromatic carbocycles. The van der Waals surface area contributed by atoms with E-state index in [0.29, 0.717) is 12.6 Å². The summed E-state index contributed by atoms with van der Waals surface area (Å²) in [6.07, 6.45) is 3.96. The smallest absolute Gasteiger partial charge is 0.191 e. The molecule has 0 amide bonds. The number of aryl methyl sites for hydroxylation is 1. The molecule has 0 fully saturated rings. The van der Waals surface area contributed by atoms with Gasteiger partial charge in [0.05, 0.1) is 0 Å². The van der Waals surface area contributed by atoms with Gasteiger partial charge in [-0.25, -0.2) is 4.98 Å². The predicted molar refractivity (Wildman–Crippen MR) is 106 cm³/mol. The minimum Gasteiger partial charge on any atom is -0.363 e. The molecule has 0 bridgehead atoms. The molecule has 5 heteroatoms. The first kappa shape index (κ1) is 18.8. The number of benzene rings is 1. The highest BCUT2D eigenvalue weighted by Gasteiger charge is 2.06. The fourth-order valence-electron chi connectivity index (χ4n) is 2.53. The van der Waals surface area contributed by atoms with Crippen molar-refractivity contribution in [3.05, 3.63) is 59.8 Å². The van der Waals surface area contributed by atoms with Gasteiger partial charge in [0.25, 0.3) is 0 Å². The summed E-state index contributed by atoms with van der Waals surface area (Å²) in [5.74, 6) is 1.78. The molecule has 2 aromatic rings. The van der Waals surface area contributed by atoms with E-state index in [1.165, 1.54) is 11.1 Å². The second-order valence-electron chi connectivity index (χ2n) is 6.41. The zero-order valence-corrected chi connectivity index (χ0v) is 15.7. The van der Waals surface area contributed by atoms with Crippen LogP contribution < -0.4 is 15.5 Å². The molecule has 134 valence electrons. The highest BCUT2D eigenvalue weighted by atomic mass is 15.2. The number of guanidine groups is 1. The summed E-state index contributed by atoms with van der Waals surface area (Å²) >= 11 is 0. The summed E-state index contributed by atoms with van der Waals surface area (Å²) in [6.45, 7) is 2.90. The fraction of sp³-hybridized carbons (Fsp3) is 0.400. The SMILES string of the molecule is CN=C(NCc1ccnc(N(C)C)c1)NC(C)CCc1ccccc1. The number of nitrogens with zero attached hydrogens (tertiary/aromatic N) is 3. The van der Waals surface area contributed by atoms with Crippen molar-refractivity contribution in [1.29, 1.82) is 0 Å². The third-order valence-electron chi connectivity index (χ3n) is 4.04. The van der Waals surface area contributed by atoms with Gasteiger partial charge >= 0.3 is 0 Å². The minimum atomic E-state index is 0.348. The summed E-state index contributed by atoms with van der Waals surface area (Å²) in [5.41, 5.74) is 2.55. The largest absolute Gasteiger partial charge is 0.363 e. The second-order valence-corrected chi connectivity index (χ2v) is 6.41. The lowest BCUT2D eigenvalue weighted by Gasteiger charge is -2.18. The Bertz CT molecular complexity index is 667.